The van der Waals surface area contributed by atoms with E-state index in [2.05, 4.69) is 21.4 Å². The molecule has 20 heavy (non-hydrogen) atoms. The van der Waals surface area contributed by atoms with Crippen LogP contribution in [0, 0.1) is 16.8 Å². The van der Waals surface area contributed by atoms with E-state index in [9.17, 15) is 0 Å². The van der Waals surface area contributed by atoms with Crippen LogP contribution in [0.3, 0.4) is 0 Å². The molecule has 0 unspecified atom stereocenters. The van der Waals surface area contributed by atoms with Gasteiger partial charge < -0.3 is 0 Å². The van der Waals surface area contributed by atoms with E-state index in [1.165, 1.54) is 19.3 Å². The van der Waals surface area contributed by atoms with Gasteiger partial charge in [0.05, 0.1) is 6.67 Å². The molecule has 2 aromatic rings. The summed E-state index contributed by atoms with van der Waals surface area (Å²) in [7, 11) is 0. The summed E-state index contributed by atoms with van der Waals surface area (Å²) in [5.74, 6) is 0.845. The fraction of sp³-hybridized carbons (Fsp3) is 0.571. The van der Waals surface area contributed by atoms with Gasteiger partial charge in [0.15, 0.2) is 3.95 Å². The predicted molar refractivity (Wildman–Crippen MR) is 85.9 cm³/mol. The molecular weight excluding hydrogens is 306 g/mol. The van der Waals surface area contributed by atoms with Gasteiger partial charge in [-0.15, -0.1) is 11.3 Å². The molecule has 3 nitrogen and oxygen atoms in total. The molecule has 1 aliphatic heterocycles. The Morgan fingerprint density at radius 2 is 2.30 bits per heavy atom. The molecule has 0 bridgehead atoms. The highest BCUT2D eigenvalue weighted by Crippen LogP contribution is 2.48. The topological polar surface area (TPSA) is 21.1 Å². The van der Waals surface area contributed by atoms with E-state index in [0.717, 1.165) is 28.1 Å². The average Bonchev–Trinajstić information content (AvgIpc) is 3.05. The first-order valence-electron chi connectivity index (χ1n) is 7.07. The molecule has 0 radical (unpaired) electrons. The number of nitrogens with zero attached hydrogens (tertiary/aromatic N) is 3. The standard InChI is InChI=1S/C14H17N3S3/c1-9-15-17(14(18)20-9)8-16-6-4-12-11(5-7-19-12)13(16)10-2-3-10/h5,7,10,13H,2-4,6,8H2,1H3/t13-/m1/s1. The fourth-order valence-electron chi connectivity index (χ4n) is 3.19. The minimum absolute atomic E-state index is 0.592. The Hall–Kier alpha value is -0.560. The van der Waals surface area contributed by atoms with Gasteiger partial charge >= 0.3 is 0 Å². The fourth-order valence-corrected chi connectivity index (χ4v) is 5.16. The van der Waals surface area contributed by atoms with E-state index in [4.69, 9.17) is 12.2 Å². The Morgan fingerprint density at radius 3 is 3.00 bits per heavy atom. The Morgan fingerprint density at radius 1 is 1.45 bits per heavy atom. The molecule has 0 N–H and O–H groups in total. The highest BCUT2D eigenvalue weighted by atomic mass is 32.1. The van der Waals surface area contributed by atoms with E-state index in [1.807, 2.05) is 22.9 Å². The van der Waals surface area contributed by atoms with E-state index in [1.54, 1.807) is 21.8 Å². The van der Waals surface area contributed by atoms with Crippen molar-refractivity contribution in [3.8, 4) is 0 Å². The molecule has 0 saturated heterocycles. The number of thiophene rings is 1. The quantitative estimate of drug-likeness (QED) is 0.796. The maximum Gasteiger partial charge on any atom is 0.180 e. The lowest BCUT2D eigenvalue weighted by Crippen LogP contribution is -2.37. The van der Waals surface area contributed by atoms with Crippen molar-refractivity contribution in [2.24, 2.45) is 5.92 Å². The van der Waals surface area contributed by atoms with E-state index in [0.29, 0.717) is 6.04 Å². The maximum absolute atomic E-state index is 5.42. The number of fused-ring (bicyclic) bond motifs is 1. The van der Waals surface area contributed by atoms with Crippen molar-refractivity contribution >= 4 is 34.9 Å². The van der Waals surface area contributed by atoms with Crippen LogP contribution in [0.1, 0.15) is 34.3 Å². The molecule has 1 aliphatic carbocycles. The third-order valence-corrected chi connectivity index (χ3v) is 6.43. The van der Waals surface area contributed by atoms with Gasteiger partial charge in [-0.3, -0.25) is 4.90 Å². The SMILES string of the molecule is Cc1nn(CN2CCc3sccc3[C@H]2C2CC2)c(=S)s1. The minimum atomic E-state index is 0.592. The number of hydrogen-bond acceptors (Lipinski definition) is 5. The Balaban J connectivity index is 1.64. The molecule has 0 spiro atoms. The first-order chi connectivity index (χ1) is 9.72. The van der Waals surface area contributed by atoms with Crippen molar-refractivity contribution in [2.75, 3.05) is 6.54 Å². The summed E-state index contributed by atoms with van der Waals surface area (Å²) in [4.78, 5) is 4.18. The van der Waals surface area contributed by atoms with Gasteiger partial charge in [0.1, 0.15) is 5.01 Å². The van der Waals surface area contributed by atoms with Crippen molar-refractivity contribution in [1.82, 2.24) is 14.7 Å². The zero-order valence-corrected chi connectivity index (χ0v) is 13.9. The van der Waals surface area contributed by atoms with Gasteiger partial charge in [0.2, 0.25) is 0 Å². The monoisotopic (exact) mass is 323 g/mol. The summed E-state index contributed by atoms with van der Waals surface area (Å²) in [6, 6.07) is 2.93. The third-order valence-electron chi connectivity index (χ3n) is 4.21. The van der Waals surface area contributed by atoms with Gasteiger partial charge in [-0.1, -0.05) is 11.3 Å². The lowest BCUT2D eigenvalue weighted by atomic mass is 9.96. The second kappa shape index (κ2) is 5.02. The van der Waals surface area contributed by atoms with Crippen molar-refractivity contribution in [3.05, 3.63) is 30.8 Å². The predicted octanol–water partition coefficient (Wildman–Crippen LogP) is 4.01. The van der Waals surface area contributed by atoms with E-state index in [-0.39, 0.29) is 0 Å². The first-order valence-corrected chi connectivity index (χ1v) is 9.17. The van der Waals surface area contributed by atoms with Crippen molar-refractivity contribution in [3.63, 3.8) is 0 Å². The van der Waals surface area contributed by atoms with Crippen molar-refractivity contribution in [1.29, 1.82) is 0 Å². The van der Waals surface area contributed by atoms with Crippen LogP contribution in [0.5, 0.6) is 0 Å². The number of hydrogen-bond donors (Lipinski definition) is 0. The molecule has 0 aromatic carbocycles. The summed E-state index contributed by atoms with van der Waals surface area (Å²) < 4.78 is 2.90. The molecule has 1 saturated carbocycles. The zero-order valence-electron chi connectivity index (χ0n) is 11.4. The molecule has 0 amide bonds. The van der Waals surface area contributed by atoms with Crippen LogP contribution < -0.4 is 0 Å². The first kappa shape index (κ1) is 13.1. The lowest BCUT2D eigenvalue weighted by molar-refractivity contribution is 0.118. The Kier molecular flexibility index (Phi) is 3.29. The molecule has 2 aliphatic rings. The number of aryl methyl sites for hydroxylation is 1. The van der Waals surface area contributed by atoms with Crippen LogP contribution in [0.25, 0.3) is 0 Å². The second-order valence-electron chi connectivity index (χ2n) is 5.67. The summed E-state index contributed by atoms with van der Waals surface area (Å²) in [5, 5.41) is 7.87. The van der Waals surface area contributed by atoms with Crippen LogP contribution in [0.4, 0.5) is 0 Å². The smallest absolute Gasteiger partial charge is 0.180 e. The molecule has 2 aromatic heterocycles. The normalized spacial score (nSPS) is 22.9. The highest BCUT2D eigenvalue weighted by Gasteiger charge is 2.40. The van der Waals surface area contributed by atoms with Gasteiger partial charge in [-0.25, -0.2) is 4.68 Å². The summed E-state index contributed by atoms with van der Waals surface area (Å²) in [6.07, 6.45) is 3.92. The second-order valence-corrected chi connectivity index (χ2v) is 8.50. The van der Waals surface area contributed by atoms with Crippen molar-refractivity contribution < 1.29 is 0 Å². The van der Waals surface area contributed by atoms with Gasteiger partial charge in [0.25, 0.3) is 0 Å². The molecule has 3 heterocycles. The molecule has 106 valence electrons. The van der Waals surface area contributed by atoms with Crippen LogP contribution >= 0.6 is 34.9 Å². The van der Waals surface area contributed by atoms with E-state index >= 15 is 0 Å². The number of rotatable bonds is 3. The molecule has 1 atom stereocenters. The minimum Gasteiger partial charge on any atom is -0.277 e. The van der Waals surface area contributed by atoms with Crippen molar-refractivity contribution in [2.45, 2.75) is 38.9 Å². The van der Waals surface area contributed by atoms with Crippen LogP contribution in [0.2, 0.25) is 0 Å². The average molecular weight is 324 g/mol. The van der Waals surface area contributed by atoms with Crippen LogP contribution in [-0.2, 0) is 13.1 Å². The maximum atomic E-state index is 5.42. The number of aromatic nitrogens is 2. The molecular formula is C14H17N3S3. The summed E-state index contributed by atoms with van der Waals surface area (Å²) in [5.41, 5.74) is 1.57. The Labute approximate surface area is 131 Å². The largest absolute Gasteiger partial charge is 0.277 e. The molecule has 1 fully saturated rings. The van der Waals surface area contributed by atoms with Gasteiger partial charge in [-0.05, 0) is 61.3 Å². The van der Waals surface area contributed by atoms with Crippen LogP contribution in [-0.4, -0.2) is 21.2 Å². The summed E-state index contributed by atoms with van der Waals surface area (Å²) in [6.45, 7) is 4.01. The highest BCUT2D eigenvalue weighted by molar-refractivity contribution is 7.73. The lowest BCUT2D eigenvalue weighted by Gasteiger charge is -2.35. The molecule has 6 heteroatoms. The van der Waals surface area contributed by atoms with E-state index < -0.39 is 0 Å². The van der Waals surface area contributed by atoms with Gasteiger partial charge in [0, 0.05) is 17.5 Å². The third kappa shape index (κ3) is 2.28. The van der Waals surface area contributed by atoms with Crippen LogP contribution in [0.15, 0.2) is 11.4 Å². The zero-order chi connectivity index (χ0) is 13.7. The molecule has 4 rings (SSSR count). The van der Waals surface area contributed by atoms with Gasteiger partial charge in [-0.2, -0.15) is 5.10 Å². The summed E-state index contributed by atoms with van der Waals surface area (Å²) >= 11 is 8.95. The Bertz CT molecular complexity index is 680.